The van der Waals surface area contributed by atoms with Crippen LogP contribution in [0.1, 0.15) is 46.5 Å². The number of amides is 2. The molecule has 10 heteroatoms. The Kier molecular flexibility index (Phi) is 10.3. The van der Waals surface area contributed by atoms with Crippen LogP contribution in [-0.2, 0) is 22.5 Å². The van der Waals surface area contributed by atoms with Gasteiger partial charge in [0.1, 0.15) is 17.6 Å². The molecule has 50 heavy (non-hydrogen) atoms. The molecule has 4 N–H and O–H groups in total. The normalized spacial score (nSPS) is 20.6. The van der Waals surface area contributed by atoms with Crippen molar-refractivity contribution in [2.45, 2.75) is 63.2 Å². The minimum absolute atomic E-state index is 0.00827. The molecule has 262 valence electrons. The van der Waals surface area contributed by atoms with E-state index in [4.69, 9.17) is 19.9 Å². The zero-order valence-electron chi connectivity index (χ0n) is 29.4. The quantitative estimate of drug-likeness (QED) is 0.139. The number of nitrogens with zero attached hydrogens (tertiary/aromatic N) is 1. The lowest BCUT2D eigenvalue weighted by Gasteiger charge is -2.46. The molecular weight excluding hydrogens is 647 g/mol. The maximum atomic E-state index is 14.5. The third-order valence-electron chi connectivity index (χ3n) is 10.7. The second-order valence-corrected chi connectivity index (χ2v) is 18.8. The summed E-state index contributed by atoms with van der Waals surface area (Å²) in [5.74, 6) is 1.08. The van der Waals surface area contributed by atoms with Crippen molar-refractivity contribution in [1.82, 2.24) is 4.90 Å². The summed E-state index contributed by atoms with van der Waals surface area (Å²) in [5.41, 5.74) is 10.5. The summed E-state index contributed by atoms with van der Waals surface area (Å²) in [7, 11) is 0.892. The Labute approximate surface area is 295 Å². The Hall–Kier alpha value is -4.64. The van der Waals surface area contributed by atoms with Crippen molar-refractivity contribution in [3.63, 3.8) is 0 Å². The van der Waals surface area contributed by atoms with E-state index in [2.05, 4.69) is 49.6 Å². The summed E-state index contributed by atoms with van der Waals surface area (Å²) in [6.45, 7) is 7.07. The van der Waals surface area contributed by atoms with Gasteiger partial charge in [-0.1, -0.05) is 61.6 Å². The number of nitrogen functional groups attached to an aromatic ring is 1. The summed E-state index contributed by atoms with van der Waals surface area (Å²) in [6, 6.07) is 28.4. The lowest BCUT2D eigenvalue weighted by Crippen LogP contribution is -2.56. The van der Waals surface area contributed by atoms with Crippen LogP contribution < -0.4 is 25.7 Å². The highest BCUT2D eigenvalue weighted by atomic mass is 28.3. The molecule has 9 nitrogen and oxygen atoms in total. The molecule has 2 aliphatic rings. The SMILES string of the molecule is COc1ccc([Si](C)(C)C(CC(=O)N2Cc3ccccc3C[C@H]2CO)[C@@H]2Oc3ccc(NC(=O)c4ccc(N)cc4)cc3[C@H](OC)[C@H]2C)cc1. The number of methoxy groups -OCH3 is 2. The van der Waals surface area contributed by atoms with Crippen LogP contribution in [0.2, 0.25) is 18.6 Å². The van der Waals surface area contributed by atoms with E-state index in [1.165, 1.54) is 10.8 Å². The molecule has 0 fully saturated rings. The van der Waals surface area contributed by atoms with E-state index in [-0.39, 0.29) is 54.6 Å². The Morgan fingerprint density at radius 2 is 1.70 bits per heavy atom. The van der Waals surface area contributed by atoms with Crippen molar-refractivity contribution < 1.29 is 28.9 Å². The van der Waals surface area contributed by atoms with Gasteiger partial charge >= 0.3 is 0 Å². The zero-order chi connectivity index (χ0) is 35.6. The standard InChI is InChI=1S/C40H47N3O6Si/c1-25-38(48-3)34-21-30(42-40(46)26-10-12-29(41)13-11-26)14-19-35(34)49-39(25)36(50(4,5)33-17-15-32(47-2)16-18-33)22-37(45)43-23-28-9-7-6-8-27(28)20-31(43)24-44/h6-19,21,25,31,36,38-39,44H,20,22-24,41H2,1-5H3,(H,42,46)/t25-,31+,36?,38-,39-/m1/s1. The number of ether oxygens (including phenoxy) is 3. The fraction of sp³-hybridized carbons (Fsp3) is 0.350. The molecule has 0 saturated carbocycles. The van der Waals surface area contributed by atoms with Crippen LogP contribution in [0.4, 0.5) is 11.4 Å². The van der Waals surface area contributed by atoms with Crippen molar-refractivity contribution in [2.24, 2.45) is 5.92 Å². The molecule has 4 aromatic rings. The second kappa shape index (κ2) is 14.7. The maximum Gasteiger partial charge on any atom is 0.255 e. The predicted octanol–water partition coefficient (Wildman–Crippen LogP) is 5.94. The lowest BCUT2D eigenvalue weighted by atomic mass is 9.86. The fourth-order valence-corrected chi connectivity index (χ4v) is 11.0. The summed E-state index contributed by atoms with van der Waals surface area (Å²) in [4.78, 5) is 29.4. The fourth-order valence-electron chi connectivity index (χ4n) is 7.66. The molecule has 0 aliphatic carbocycles. The van der Waals surface area contributed by atoms with Crippen LogP contribution in [0.15, 0.2) is 91.0 Å². The average Bonchev–Trinajstić information content (AvgIpc) is 3.13. The number of hydrogen-bond acceptors (Lipinski definition) is 7. The number of anilines is 2. The Morgan fingerprint density at radius 1 is 1.00 bits per heavy atom. The second-order valence-electron chi connectivity index (χ2n) is 14.0. The number of hydrogen-bond donors (Lipinski definition) is 3. The number of fused-ring (bicyclic) bond motifs is 2. The molecule has 5 atom stereocenters. The van der Waals surface area contributed by atoms with E-state index in [9.17, 15) is 14.7 Å². The predicted molar refractivity (Wildman–Crippen MR) is 199 cm³/mol. The smallest absolute Gasteiger partial charge is 0.255 e. The highest BCUT2D eigenvalue weighted by Crippen LogP contribution is 2.48. The number of aliphatic hydroxyl groups is 1. The van der Waals surface area contributed by atoms with E-state index in [1.54, 1.807) is 38.5 Å². The van der Waals surface area contributed by atoms with E-state index < -0.39 is 8.07 Å². The third kappa shape index (κ3) is 7.01. The third-order valence-corrected chi connectivity index (χ3v) is 14.9. The van der Waals surface area contributed by atoms with Crippen LogP contribution in [0.3, 0.4) is 0 Å². The van der Waals surface area contributed by atoms with Crippen molar-refractivity contribution in [3.8, 4) is 11.5 Å². The van der Waals surface area contributed by atoms with E-state index in [1.807, 2.05) is 47.4 Å². The van der Waals surface area contributed by atoms with Gasteiger partial charge in [-0.25, -0.2) is 0 Å². The number of carbonyl (C=O) groups is 2. The Balaban J connectivity index is 1.33. The molecule has 2 heterocycles. The van der Waals surface area contributed by atoms with E-state index >= 15 is 0 Å². The first-order valence-electron chi connectivity index (χ1n) is 17.2. The molecule has 0 bridgehead atoms. The van der Waals surface area contributed by atoms with Gasteiger partial charge in [0.05, 0.1) is 33.9 Å². The van der Waals surface area contributed by atoms with Crippen LogP contribution in [0.25, 0.3) is 0 Å². The number of benzene rings is 4. The van der Waals surface area contributed by atoms with Crippen LogP contribution >= 0.6 is 0 Å². The largest absolute Gasteiger partial charge is 0.497 e. The molecule has 2 amide bonds. The minimum atomic E-state index is -2.45. The van der Waals surface area contributed by atoms with Crippen molar-refractivity contribution in [1.29, 1.82) is 0 Å². The molecule has 0 spiro atoms. The lowest BCUT2D eigenvalue weighted by molar-refractivity contribution is -0.136. The minimum Gasteiger partial charge on any atom is -0.497 e. The molecule has 1 unspecified atom stereocenters. The topological polar surface area (TPSA) is 123 Å². The van der Waals surface area contributed by atoms with E-state index in [0.717, 1.165) is 16.9 Å². The molecule has 0 radical (unpaired) electrons. The van der Waals surface area contributed by atoms with Crippen LogP contribution in [-0.4, -0.2) is 62.9 Å². The number of nitrogens with two attached hydrogens (primary N) is 1. The molecule has 0 saturated heterocycles. The molecular formula is C40H47N3O6Si. The first-order chi connectivity index (χ1) is 24.0. The van der Waals surface area contributed by atoms with Gasteiger partial charge in [-0.05, 0) is 72.1 Å². The first-order valence-corrected chi connectivity index (χ1v) is 20.2. The highest BCUT2D eigenvalue weighted by Gasteiger charge is 2.49. The van der Waals surface area contributed by atoms with Crippen molar-refractivity contribution >= 4 is 36.4 Å². The van der Waals surface area contributed by atoms with Crippen LogP contribution in [0.5, 0.6) is 11.5 Å². The molecule has 4 aromatic carbocycles. The number of nitrogens with one attached hydrogen (secondary N) is 1. The number of carbonyl (C=O) groups excluding carboxylic acids is 2. The molecule has 6 rings (SSSR count). The number of rotatable bonds is 10. The van der Waals surface area contributed by atoms with Gasteiger partial charge in [0.2, 0.25) is 5.91 Å². The highest BCUT2D eigenvalue weighted by molar-refractivity contribution is 6.91. The maximum absolute atomic E-state index is 14.5. The summed E-state index contributed by atoms with van der Waals surface area (Å²) in [6.07, 6.45) is 0.192. The van der Waals surface area contributed by atoms with Gasteiger partial charge in [0.15, 0.2) is 0 Å². The van der Waals surface area contributed by atoms with Crippen molar-refractivity contribution in [3.05, 3.63) is 113 Å². The Bertz CT molecular complexity index is 1830. The van der Waals surface area contributed by atoms with Gasteiger partial charge in [0.25, 0.3) is 5.91 Å². The number of aliphatic hydroxyl groups excluding tert-OH is 1. The van der Waals surface area contributed by atoms with Crippen molar-refractivity contribution in [2.75, 3.05) is 31.9 Å². The van der Waals surface area contributed by atoms with Gasteiger partial charge in [-0.15, -0.1) is 0 Å². The zero-order valence-corrected chi connectivity index (χ0v) is 30.4. The van der Waals surface area contributed by atoms with Crippen LogP contribution in [0, 0.1) is 5.92 Å². The van der Waals surface area contributed by atoms with E-state index in [0.29, 0.717) is 35.7 Å². The summed E-state index contributed by atoms with van der Waals surface area (Å²) in [5, 5.41) is 14.6. The van der Waals surface area contributed by atoms with Gasteiger partial charge in [-0.3, -0.25) is 9.59 Å². The average molecular weight is 694 g/mol. The van der Waals surface area contributed by atoms with Gasteiger partial charge in [-0.2, -0.15) is 0 Å². The summed E-state index contributed by atoms with van der Waals surface area (Å²) < 4.78 is 18.6. The Morgan fingerprint density at radius 3 is 2.36 bits per heavy atom. The monoisotopic (exact) mass is 693 g/mol. The first kappa shape index (κ1) is 35.2. The summed E-state index contributed by atoms with van der Waals surface area (Å²) >= 11 is 0. The van der Waals surface area contributed by atoms with Gasteiger partial charge in [0, 0.05) is 54.0 Å². The molecule has 2 aliphatic heterocycles. The molecule has 0 aromatic heterocycles. The van der Waals surface area contributed by atoms with Gasteiger partial charge < -0.3 is 35.3 Å².